The van der Waals surface area contributed by atoms with Crippen LogP contribution in [0.25, 0.3) is 0 Å². The first kappa shape index (κ1) is 30.7. The zero-order valence-electron chi connectivity index (χ0n) is 24.1. The minimum absolute atomic E-state index is 0.0266. The smallest absolute Gasteiger partial charge is 0.248 e. The minimum atomic E-state index is -1.02. The van der Waals surface area contributed by atoms with Crippen molar-refractivity contribution in [2.45, 2.75) is 76.8 Å². The number of ether oxygens (including phenoxy) is 1. The van der Waals surface area contributed by atoms with Crippen LogP contribution in [0.2, 0.25) is 0 Å². The molecule has 8 nitrogen and oxygen atoms in total. The SMILES string of the molecule is CCCCOc1ccc(N(C(=O)CCCC(=O)Nc2ccccn2)[C@@H](C(=O)NC2CCCC2)c2ccc(F)cc2)cc1. The van der Waals surface area contributed by atoms with Gasteiger partial charge in [-0.1, -0.05) is 44.4 Å². The van der Waals surface area contributed by atoms with Crippen LogP contribution < -0.4 is 20.3 Å². The minimum Gasteiger partial charge on any atom is -0.494 e. The summed E-state index contributed by atoms with van der Waals surface area (Å²) >= 11 is 0. The molecule has 1 aliphatic rings. The molecule has 1 heterocycles. The van der Waals surface area contributed by atoms with Crippen molar-refractivity contribution in [1.29, 1.82) is 0 Å². The van der Waals surface area contributed by atoms with E-state index in [1.54, 1.807) is 48.7 Å². The molecule has 0 bridgehead atoms. The van der Waals surface area contributed by atoms with Gasteiger partial charge in [-0.2, -0.15) is 0 Å². The van der Waals surface area contributed by atoms with Crippen LogP contribution in [0.5, 0.6) is 5.75 Å². The number of carbonyl (C=O) groups is 3. The van der Waals surface area contributed by atoms with Crippen molar-refractivity contribution in [2.24, 2.45) is 0 Å². The lowest BCUT2D eigenvalue weighted by Crippen LogP contribution is -2.46. The number of unbranched alkanes of at least 4 members (excludes halogenated alkanes) is 1. The van der Waals surface area contributed by atoms with Crippen LogP contribution in [0.1, 0.15) is 76.3 Å². The average Bonchev–Trinajstić information content (AvgIpc) is 3.50. The number of pyridine rings is 1. The van der Waals surface area contributed by atoms with Crippen LogP contribution in [0, 0.1) is 5.82 Å². The Morgan fingerprint density at radius 3 is 2.38 bits per heavy atom. The van der Waals surface area contributed by atoms with Crippen LogP contribution >= 0.6 is 0 Å². The predicted molar refractivity (Wildman–Crippen MR) is 161 cm³/mol. The Hall–Kier alpha value is -4.27. The van der Waals surface area contributed by atoms with E-state index >= 15 is 0 Å². The predicted octanol–water partition coefficient (Wildman–Crippen LogP) is 6.34. The van der Waals surface area contributed by atoms with E-state index in [-0.39, 0.29) is 43.0 Å². The van der Waals surface area contributed by atoms with Gasteiger partial charge in [-0.3, -0.25) is 19.3 Å². The van der Waals surface area contributed by atoms with Crippen molar-refractivity contribution in [3.05, 3.63) is 84.3 Å². The molecule has 2 N–H and O–H groups in total. The third kappa shape index (κ3) is 8.86. The average molecular weight is 575 g/mol. The fourth-order valence-corrected chi connectivity index (χ4v) is 5.05. The molecule has 42 heavy (non-hydrogen) atoms. The second-order valence-electron chi connectivity index (χ2n) is 10.5. The number of aromatic nitrogens is 1. The molecule has 1 aromatic heterocycles. The van der Waals surface area contributed by atoms with Gasteiger partial charge in [0.05, 0.1) is 6.61 Å². The third-order valence-electron chi connectivity index (χ3n) is 7.27. The number of halogens is 1. The van der Waals surface area contributed by atoms with E-state index in [1.807, 2.05) is 0 Å². The molecule has 4 rings (SSSR count). The zero-order valence-corrected chi connectivity index (χ0v) is 24.1. The van der Waals surface area contributed by atoms with E-state index in [1.165, 1.54) is 29.2 Å². The first-order chi connectivity index (χ1) is 20.4. The first-order valence-electron chi connectivity index (χ1n) is 14.8. The highest BCUT2D eigenvalue weighted by Gasteiger charge is 2.34. The first-order valence-corrected chi connectivity index (χ1v) is 14.8. The van der Waals surface area contributed by atoms with E-state index in [2.05, 4.69) is 22.5 Å². The number of anilines is 2. The number of hydrogen-bond donors (Lipinski definition) is 2. The highest BCUT2D eigenvalue weighted by Crippen LogP contribution is 2.32. The molecule has 0 spiro atoms. The van der Waals surface area contributed by atoms with Gasteiger partial charge < -0.3 is 15.4 Å². The molecule has 9 heteroatoms. The summed E-state index contributed by atoms with van der Waals surface area (Å²) < 4.78 is 19.7. The molecule has 1 saturated carbocycles. The second-order valence-corrected chi connectivity index (χ2v) is 10.5. The molecule has 0 saturated heterocycles. The van der Waals surface area contributed by atoms with Crippen molar-refractivity contribution < 1.29 is 23.5 Å². The Balaban J connectivity index is 1.57. The second kappa shape index (κ2) is 15.7. The Labute approximate surface area is 246 Å². The molecule has 0 aliphatic heterocycles. The maximum Gasteiger partial charge on any atom is 0.248 e. The van der Waals surface area contributed by atoms with Crippen molar-refractivity contribution in [3.8, 4) is 5.75 Å². The molecule has 3 aromatic rings. The number of rotatable bonds is 14. The summed E-state index contributed by atoms with van der Waals surface area (Å²) in [5, 5.41) is 5.85. The van der Waals surface area contributed by atoms with Gasteiger partial charge in [0, 0.05) is 30.8 Å². The summed E-state index contributed by atoms with van der Waals surface area (Å²) in [7, 11) is 0. The molecular formula is C33H39FN4O4. The van der Waals surface area contributed by atoms with Crippen molar-refractivity contribution in [1.82, 2.24) is 10.3 Å². The highest BCUT2D eigenvalue weighted by molar-refractivity contribution is 6.01. The maximum atomic E-state index is 13.9. The topological polar surface area (TPSA) is 101 Å². The Morgan fingerprint density at radius 1 is 0.976 bits per heavy atom. The number of nitrogens with zero attached hydrogens (tertiary/aromatic N) is 2. The summed E-state index contributed by atoms with van der Waals surface area (Å²) in [5.74, 6) is -0.222. The van der Waals surface area contributed by atoms with E-state index in [0.29, 0.717) is 29.4 Å². The van der Waals surface area contributed by atoms with Crippen LogP contribution in [0.4, 0.5) is 15.9 Å². The molecule has 1 aliphatic carbocycles. The molecule has 222 valence electrons. The summed E-state index contributed by atoms with van der Waals surface area (Å²) in [6.07, 6.45) is 7.76. The number of nitrogens with one attached hydrogen (secondary N) is 2. The van der Waals surface area contributed by atoms with Crippen LogP contribution in [0.3, 0.4) is 0 Å². The van der Waals surface area contributed by atoms with Gasteiger partial charge in [0.1, 0.15) is 23.4 Å². The van der Waals surface area contributed by atoms with Gasteiger partial charge in [0.2, 0.25) is 17.7 Å². The lowest BCUT2D eigenvalue weighted by Gasteiger charge is -2.32. The number of benzene rings is 2. The molecule has 0 radical (unpaired) electrons. The summed E-state index contributed by atoms with van der Waals surface area (Å²) in [6.45, 7) is 2.67. The van der Waals surface area contributed by atoms with Gasteiger partial charge in [-0.05, 0) is 79.8 Å². The van der Waals surface area contributed by atoms with Crippen molar-refractivity contribution in [2.75, 3.05) is 16.8 Å². The molecule has 1 atom stereocenters. The van der Waals surface area contributed by atoms with E-state index in [4.69, 9.17) is 4.74 Å². The van der Waals surface area contributed by atoms with E-state index in [0.717, 1.165) is 38.5 Å². The largest absolute Gasteiger partial charge is 0.494 e. The summed E-state index contributed by atoms with van der Waals surface area (Å²) in [4.78, 5) is 45.8. The lowest BCUT2D eigenvalue weighted by molar-refractivity contribution is -0.127. The molecule has 2 aromatic carbocycles. The standard InChI is InChI=1S/C33H39FN4O4/c1-2-3-23-42-28-20-18-27(19-21-28)38(31(40)13-8-12-30(39)37-29-11-6-7-22-35-29)32(24-14-16-25(34)17-15-24)33(41)36-26-9-4-5-10-26/h6-7,11,14-22,26,32H,2-5,8-10,12-13,23H2,1H3,(H,36,41)(H,35,37,39)/t32-/m1/s1. The van der Waals surface area contributed by atoms with Crippen LogP contribution in [0.15, 0.2) is 72.9 Å². The zero-order chi connectivity index (χ0) is 29.7. The summed E-state index contributed by atoms with van der Waals surface area (Å²) in [6, 6.07) is 17.0. The molecule has 3 amide bonds. The number of hydrogen-bond acceptors (Lipinski definition) is 5. The molecule has 0 unspecified atom stereocenters. The van der Waals surface area contributed by atoms with Crippen molar-refractivity contribution >= 4 is 29.2 Å². The molecule has 1 fully saturated rings. The number of carbonyl (C=O) groups excluding carboxylic acids is 3. The van der Waals surface area contributed by atoms with Gasteiger partial charge in [0.15, 0.2) is 0 Å². The van der Waals surface area contributed by atoms with Crippen LogP contribution in [-0.2, 0) is 14.4 Å². The van der Waals surface area contributed by atoms with E-state index < -0.39 is 11.9 Å². The fraction of sp³-hybridized carbons (Fsp3) is 0.394. The molecular weight excluding hydrogens is 535 g/mol. The van der Waals surface area contributed by atoms with Gasteiger partial charge >= 0.3 is 0 Å². The Morgan fingerprint density at radius 2 is 1.71 bits per heavy atom. The highest BCUT2D eigenvalue weighted by atomic mass is 19.1. The fourth-order valence-electron chi connectivity index (χ4n) is 5.05. The Bertz CT molecular complexity index is 1300. The quantitative estimate of drug-likeness (QED) is 0.219. The van der Waals surface area contributed by atoms with Gasteiger partial charge in [-0.15, -0.1) is 0 Å². The Kier molecular flexibility index (Phi) is 11.4. The summed E-state index contributed by atoms with van der Waals surface area (Å²) in [5.41, 5.74) is 1.01. The van der Waals surface area contributed by atoms with Crippen LogP contribution in [-0.4, -0.2) is 35.4 Å². The number of amides is 3. The maximum absolute atomic E-state index is 13.9. The van der Waals surface area contributed by atoms with Gasteiger partial charge in [0.25, 0.3) is 0 Å². The monoisotopic (exact) mass is 574 g/mol. The van der Waals surface area contributed by atoms with Crippen molar-refractivity contribution in [3.63, 3.8) is 0 Å². The third-order valence-corrected chi connectivity index (χ3v) is 7.27. The van der Waals surface area contributed by atoms with E-state index in [9.17, 15) is 18.8 Å². The lowest BCUT2D eigenvalue weighted by atomic mass is 10.0. The normalized spacial score (nSPS) is 13.8. The van der Waals surface area contributed by atoms with Gasteiger partial charge in [-0.25, -0.2) is 9.37 Å².